The number of hydrogen-bond donors (Lipinski definition) is 3. The van der Waals surface area contributed by atoms with Crippen molar-refractivity contribution in [3.63, 3.8) is 0 Å². The Kier molecular flexibility index (Phi) is 7.16. The van der Waals surface area contributed by atoms with E-state index in [-0.39, 0.29) is 40.8 Å². The molecule has 7 bridgehead atoms. The summed E-state index contributed by atoms with van der Waals surface area (Å²) in [6, 6.07) is 6.26. The summed E-state index contributed by atoms with van der Waals surface area (Å²) in [5.41, 5.74) is 9.72. The minimum Gasteiger partial charge on any atom is -0.508 e. The number of rotatable bonds is 3. The van der Waals surface area contributed by atoms with Crippen LogP contribution in [0.1, 0.15) is 127 Å². The van der Waals surface area contributed by atoms with Crippen LogP contribution >= 0.6 is 0 Å². The first kappa shape index (κ1) is 31.4. The van der Waals surface area contributed by atoms with Gasteiger partial charge in [0.05, 0.1) is 22.5 Å². The number of aliphatic hydroxyl groups excluding tert-OH is 1. The van der Waals surface area contributed by atoms with Crippen molar-refractivity contribution in [2.24, 2.45) is 52.1 Å². The van der Waals surface area contributed by atoms with Gasteiger partial charge in [-0.3, -0.25) is 0 Å². The molecule has 256 valence electrons. The second-order valence-electron chi connectivity index (χ2n) is 18.6. The minimum atomic E-state index is -0.612. The third kappa shape index (κ3) is 4.23. The summed E-state index contributed by atoms with van der Waals surface area (Å²) in [5.74, 6) is 10.1. The van der Waals surface area contributed by atoms with Crippen LogP contribution in [0, 0.1) is 58.2 Å². The lowest BCUT2D eigenvalue weighted by Gasteiger charge is -2.80. The predicted molar refractivity (Wildman–Crippen MR) is 184 cm³/mol. The van der Waals surface area contributed by atoms with Crippen LogP contribution in [0.4, 0.5) is 0 Å². The third-order valence-electron chi connectivity index (χ3n) is 16.4. The Morgan fingerprint density at radius 1 is 0.979 bits per heavy atom. The number of phenols is 1. The van der Waals surface area contributed by atoms with E-state index < -0.39 is 11.1 Å². The lowest BCUT2D eigenvalue weighted by atomic mass is 9.31. The van der Waals surface area contributed by atoms with Gasteiger partial charge in [-0.2, -0.15) is 0 Å². The maximum Gasteiger partial charge on any atom is 0.115 e. The largest absolute Gasteiger partial charge is 0.508 e. The number of phenolic OH excluding ortho intramolecular Hbond substituents is 1. The summed E-state index contributed by atoms with van der Waals surface area (Å²) in [4.78, 5) is 0. The van der Waals surface area contributed by atoms with Crippen molar-refractivity contribution in [1.29, 1.82) is 0 Å². The molecule has 0 radical (unpaired) electrons. The molecular formula is C42H59NO4. The lowest BCUT2D eigenvalue weighted by molar-refractivity contribution is -0.395. The summed E-state index contributed by atoms with van der Waals surface area (Å²) < 4.78 is 14.0. The van der Waals surface area contributed by atoms with E-state index in [2.05, 4.69) is 30.9 Å². The highest BCUT2D eigenvalue weighted by molar-refractivity contribution is 5.48. The number of aliphatic hydroxyl groups is 1. The van der Waals surface area contributed by atoms with Gasteiger partial charge in [0, 0.05) is 37.7 Å². The third-order valence-corrected chi connectivity index (χ3v) is 16.4. The molecule has 1 aromatic carbocycles. The highest BCUT2D eigenvalue weighted by atomic mass is 16.5. The molecule has 0 aromatic heterocycles. The molecule has 6 saturated carbocycles. The molecule has 5 heteroatoms. The van der Waals surface area contributed by atoms with Crippen LogP contribution in [0.2, 0.25) is 0 Å². The molecule has 0 unspecified atom stereocenters. The van der Waals surface area contributed by atoms with Crippen molar-refractivity contribution >= 4 is 0 Å². The monoisotopic (exact) mass is 641 g/mol. The van der Waals surface area contributed by atoms with E-state index >= 15 is 0 Å². The van der Waals surface area contributed by atoms with Crippen molar-refractivity contribution in [2.45, 2.75) is 145 Å². The van der Waals surface area contributed by atoms with Crippen LogP contribution in [0.3, 0.4) is 0 Å². The topological polar surface area (TPSA) is 84.9 Å². The number of methoxy groups -OCH3 is 1. The fourth-order valence-electron chi connectivity index (χ4n) is 15.0. The summed E-state index contributed by atoms with van der Waals surface area (Å²) in [7, 11) is 1.88. The number of fused-ring (bicyclic) bond motifs is 4. The number of nitrogens with two attached hydrogens (primary N) is 1. The summed E-state index contributed by atoms with van der Waals surface area (Å²) in [6.45, 7) is 3.33. The molecule has 4 N–H and O–H groups in total. The SMILES string of the molecule is COC[C@@H]1CC[C@@]2(C)O[C@@]34C[C@@]15CC[C@@H](CO)[C@](N)([C@@H]3C#CC1(CCCCC1)c1cc(O)ccc1C[C@H]1C[C@H]4CC3(CCCC3)C1)[C@@H]52. The van der Waals surface area contributed by atoms with Crippen molar-refractivity contribution in [3.8, 4) is 17.6 Å². The molecule has 2 saturated heterocycles. The van der Waals surface area contributed by atoms with Crippen molar-refractivity contribution in [3.05, 3.63) is 29.3 Å². The van der Waals surface area contributed by atoms with Gasteiger partial charge in [0.1, 0.15) is 5.75 Å². The Labute approximate surface area is 283 Å². The summed E-state index contributed by atoms with van der Waals surface area (Å²) >= 11 is 0. The second kappa shape index (κ2) is 10.7. The van der Waals surface area contributed by atoms with Gasteiger partial charge in [-0.15, -0.1) is 0 Å². The van der Waals surface area contributed by atoms with E-state index in [4.69, 9.17) is 15.2 Å². The molecule has 10 rings (SSSR count). The van der Waals surface area contributed by atoms with E-state index in [9.17, 15) is 10.2 Å². The van der Waals surface area contributed by atoms with E-state index in [1.54, 1.807) is 0 Å². The van der Waals surface area contributed by atoms with Crippen LogP contribution in [-0.4, -0.2) is 47.3 Å². The average molecular weight is 642 g/mol. The first-order chi connectivity index (χ1) is 22.6. The average Bonchev–Trinajstić information content (AvgIpc) is 3.49. The molecule has 9 aliphatic rings. The smallest absolute Gasteiger partial charge is 0.115 e. The Morgan fingerprint density at radius 3 is 2.51 bits per heavy atom. The molecule has 47 heavy (non-hydrogen) atoms. The van der Waals surface area contributed by atoms with Crippen molar-refractivity contribution in [1.82, 2.24) is 0 Å². The van der Waals surface area contributed by atoms with Gasteiger partial charge in [0.15, 0.2) is 0 Å². The zero-order valence-corrected chi connectivity index (χ0v) is 29.1. The first-order valence-corrected chi connectivity index (χ1v) is 19.6. The molecule has 0 amide bonds. The number of hydrogen-bond acceptors (Lipinski definition) is 5. The summed E-state index contributed by atoms with van der Waals surface area (Å²) in [6.07, 6.45) is 21.1. The Bertz CT molecular complexity index is 1470. The zero-order chi connectivity index (χ0) is 32.3. The highest BCUT2D eigenvalue weighted by Gasteiger charge is 2.81. The molecule has 2 heterocycles. The Balaban J connectivity index is 1.31. The van der Waals surface area contributed by atoms with E-state index in [1.165, 1.54) is 75.3 Å². The summed E-state index contributed by atoms with van der Waals surface area (Å²) in [5, 5.41) is 22.1. The van der Waals surface area contributed by atoms with Crippen LogP contribution in [0.25, 0.3) is 0 Å². The van der Waals surface area contributed by atoms with E-state index in [1.807, 2.05) is 13.2 Å². The van der Waals surface area contributed by atoms with Crippen LogP contribution in [0.5, 0.6) is 5.75 Å². The van der Waals surface area contributed by atoms with Crippen LogP contribution < -0.4 is 5.73 Å². The molecular weight excluding hydrogens is 582 g/mol. The molecule has 1 aromatic rings. The van der Waals surface area contributed by atoms with Gasteiger partial charge >= 0.3 is 0 Å². The zero-order valence-electron chi connectivity index (χ0n) is 29.1. The molecule has 8 fully saturated rings. The molecule has 3 spiro atoms. The molecule has 10 atom stereocenters. The van der Waals surface area contributed by atoms with Gasteiger partial charge in [-0.1, -0.05) is 50.0 Å². The maximum absolute atomic E-state index is 11.2. The Morgan fingerprint density at radius 2 is 1.74 bits per heavy atom. The minimum absolute atomic E-state index is 0.0210. The number of benzene rings is 1. The fraction of sp³-hybridized carbons (Fsp3) is 0.810. The quantitative estimate of drug-likeness (QED) is 0.299. The lowest BCUT2D eigenvalue weighted by Crippen LogP contribution is -2.87. The number of aromatic hydroxyl groups is 1. The van der Waals surface area contributed by atoms with Gasteiger partial charge in [0.25, 0.3) is 0 Å². The highest BCUT2D eigenvalue weighted by Crippen LogP contribution is 2.77. The van der Waals surface area contributed by atoms with Crippen LogP contribution in [0.15, 0.2) is 18.2 Å². The fourth-order valence-corrected chi connectivity index (χ4v) is 15.0. The molecule has 7 aliphatic carbocycles. The van der Waals surface area contributed by atoms with Gasteiger partial charge < -0.3 is 25.4 Å². The predicted octanol–water partition coefficient (Wildman–Crippen LogP) is 7.44. The normalized spacial score (nSPS) is 47.0. The maximum atomic E-state index is 11.2. The molecule has 2 aliphatic heterocycles. The second-order valence-corrected chi connectivity index (χ2v) is 18.6. The van der Waals surface area contributed by atoms with Crippen molar-refractivity contribution in [2.75, 3.05) is 20.3 Å². The van der Waals surface area contributed by atoms with Crippen molar-refractivity contribution < 1.29 is 19.7 Å². The molecule has 5 nitrogen and oxygen atoms in total. The van der Waals surface area contributed by atoms with Gasteiger partial charge in [-0.05, 0) is 142 Å². The van der Waals surface area contributed by atoms with Gasteiger partial charge in [0.2, 0.25) is 0 Å². The standard InChI is InChI=1S/C42H59NO4/c1-37-17-10-31(26-46-2)40-19-11-30(25-44)42(43,36(37)40)35-12-18-39(15-4-3-5-16-39)34-22-33(45)9-8-29(34)20-28-21-32(41(35,27-40)47-37)24-38(23-28)13-6-7-14-38/h8-9,22,28,30-32,35-36,44-45H,3-7,10-11,13-17,19-21,23-27,43H2,1-2H3/t28-,30-,31-,32-,35+,36+,37+,40-,41+,42-/m0/s1. The van der Waals surface area contributed by atoms with Crippen LogP contribution in [-0.2, 0) is 21.3 Å². The number of ether oxygens (including phenoxy) is 2. The Hall–Kier alpha value is -1.58. The van der Waals surface area contributed by atoms with E-state index in [0.717, 1.165) is 58.0 Å². The first-order valence-electron chi connectivity index (χ1n) is 19.6. The van der Waals surface area contributed by atoms with E-state index in [0.29, 0.717) is 28.9 Å². The van der Waals surface area contributed by atoms with Gasteiger partial charge in [-0.25, -0.2) is 0 Å².